The van der Waals surface area contributed by atoms with Crippen molar-refractivity contribution in [2.24, 2.45) is 0 Å². The van der Waals surface area contributed by atoms with Gasteiger partial charge in [0.15, 0.2) is 0 Å². The van der Waals surface area contributed by atoms with Crippen LogP contribution in [0.5, 0.6) is 5.75 Å². The number of likely N-dealkylation sites (tertiary alicyclic amines) is 1. The number of aromatic nitrogens is 3. The molecule has 150 valence electrons. The molecular weight excluding hydrogens is 364 g/mol. The fourth-order valence-electron chi connectivity index (χ4n) is 3.90. The number of benzene rings is 1. The number of hydrogen-bond acceptors (Lipinski definition) is 5. The summed E-state index contributed by atoms with van der Waals surface area (Å²) in [6.45, 7) is 4.48. The van der Waals surface area contributed by atoms with E-state index in [-0.39, 0.29) is 11.6 Å². The largest absolute Gasteiger partial charge is 0.494 e. The number of aromatic amines is 1. The summed E-state index contributed by atoms with van der Waals surface area (Å²) in [6, 6.07) is 13.8. The van der Waals surface area contributed by atoms with E-state index in [4.69, 9.17) is 9.72 Å². The molecule has 2 aromatic heterocycles. The van der Waals surface area contributed by atoms with Crippen molar-refractivity contribution in [2.45, 2.75) is 38.8 Å². The van der Waals surface area contributed by atoms with Crippen molar-refractivity contribution in [3.63, 3.8) is 0 Å². The monoisotopic (exact) mass is 390 g/mol. The van der Waals surface area contributed by atoms with E-state index in [1.165, 1.54) is 5.56 Å². The van der Waals surface area contributed by atoms with Gasteiger partial charge in [0, 0.05) is 30.6 Å². The smallest absolute Gasteiger partial charge is 0.251 e. The van der Waals surface area contributed by atoms with Crippen LogP contribution in [0.2, 0.25) is 0 Å². The summed E-state index contributed by atoms with van der Waals surface area (Å²) in [4.78, 5) is 26.5. The van der Waals surface area contributed by atoms with E-state index in [0.717, 1.165) is 49.4 Å². The fourth-order valence-corrected chi connectivity index (χ4v) is 3.90. The lowest BCUT2D eigenvalue weighted by molar-refractivity contribution is 0.137. The highest BCUT2D eigenvalue weighted by atomic mass is 16.5. The molecule has 6 heteroatoms. The number of pyridine rings is 1. The van der Waals surface area contributed by atoms with Crippen molar-refractivity contribution in [1.82, 2.24) is 19.9 Å². The molecule has 0 aliphatic carbocycles. The van der Waals surface area contributed by atoms with E-state index < -0.39 is 0 Å². The predicted octanol–water partition coefficient (Wildman–Crippen LogP) is 3.96. The average Bonchev–Trinajstić information content (AvgIpc) is 2.76. The SMILES string of the molecule is CCOc1ccc(CN2CCCC[C@@H]2c2cc(=O)[nH]c(-c3ccncc3)n2)cc1. The lowest BCUT2D eigenvalue weighted by Crippen LogP contribution is -2.34. The third-order valence-corrected chi connectivity index (χ3v) is 5.29. The Labute approximate surface area is 170 Å². The summed E-state index contributed by atoms with van der Waals surface area (Å²) in [5.74, 6) is 1.49. The van der Waals surface area contributed by atoms with E-state index in [2.05, 4.69) is 27.0 Å². The first kappa shape index (κ1) is 19.3. The Hall–Kier alpha value is -2.99. The Bertz CT molecular complexity index is 986. The van der Waals surface area contributed by atoms with Gasteiger partial charge in [-0.05, 0) is 56.1 Å². The number of nitrogens with zero attached hydrogens (tertiary/aromatic N) is 3. The third-order valence-electron chi connectivity index (χ3n) is 5.29. The van der Waals surface area contributed by atoms with Gasteiger partial charge < -0.3 is 9.72 Å². The van der Waals surface area contributed by atoms with Gasteiger partial charge in [-0.3, -0.25) is 14.7 Å². The first-order valence-electron chi connectivity index (χ1n) is 10.2. The summed E-state index contributed by atoms with van der Waals surface area (Å²) >= 11 is 0. The number of nitrogens with one attached hydrogen (secondary N) is 1. The maximum Gasteiger partial charge on any atom is 0.251 e. The highest BCUT2D eigenvalue weighted by Gasteiger charge is 2.26. The molecule has 1 N–H and O–H groups in total. The molecular formula is C23H26N4O2. The van der Waals surface area contributed by atoms with E-state index in [0.29, 0.717) is 12.4 Å². The second-order valence-electron chi connectivity index (χ2n) is 7.31. The summed E-state index contributed by atoms with van der Waals surface area (Å²) in [6.07, 6.45) is 6.72. The average molecular weight is 390 g/mol. The van der Waals surface area contributed by atoms with Crippen LogP contribution >= 0.6 is 0 Å². The molecule has 1 saturated heterocycles. The fraction of sp³-hybridized carbons (Fsp3) is 0.348. The molecule has 6 nitrogen and oxygen atoms in total. The third kappa shape index (κ3) is 4.71. The van der Waals surface area contributed by atoms with Crippen molar-refractivity contribution in [3.8, 4) is 17.1 Å². The molecule has 1 fully saturated rings. The Morgan fingerprint density at radius 2 is 1.93 bits per heavy atom. The van der Waals surface area contributed by atoms with E-state index in [1.807, 2.05) is 31.2 Å². The first-order valence-corrected chi connectivity index (χ1v) is 10.2. The molecule has 0 saturated carbocycles. The van der Waals surface area contributed by atoms with Crippen LogP contribution in [0.3, 0.4) is 0 Å². The quantitative estimate of drug-likeness (QED) is 0.690. The topological polar surface area (TPSA) is 71.1 Å². The molecule has 4 rings (SSSR count). The van der Waals surface area contributed by atoms with Crippen molar-refractivity contribution in [1.29, 1.82) is 0 Å². The van der Waals surface area contributed by atoms with Crippen LogP contribution in [0.25, 0.3) is 11.4 Å². The van der Waals surface area contributed by atoms with Gasteiger partial charge in [-0.1, -0.05) is 18.6 Å². The van der Waals surface area contributed by atoms with Gasteiger partial charge in [-0.25, -0.2) is 4.98 Å². The van der Waals surface area contributed by atoms with Crippen molar-refractivity contribution < 1.29 is 4.74 Å². The Kier molecular flexibility index (Phi) is 6.00. The molecule has 0 radical (unpaired) electrons. The van der Waals surface area contributed by atoms with E-state index >= 15 is 0 Å². The van der Waals surface area contributed by atoms with Gasteiger partial charge in [-0.15, -0.1) is 0 Å². The zero-order valence-corrected chi connectivity index (χ0v) is 16.7. The van der Waals surface area contributed by atoms with E-state index in [9.17, 15) is 4.79 Å². The molecule has 0 bridgehead atoms. The van der Waals surface area contributed by atoms with E-state index in [1.54, 1.807) is 18.5 Å². The standard InChI is InChI=1S/C23H26N4O2/c1-2-29-19-8-6-17(7-9-19)16-27-14-4-3-5-21(27)20-15-22(28)26-23(25-20)18-10-12-24-13-11-18/h6-13,15,21H,2-5,14,16H2,1H3,(H,25,26,28)/t21-/m1/s1. The lowest BCUT2D eigenvalue weighted by atomic mass is 9.98. The zero-order chi connectivity index (χ0) is 20.1. The normalized spacial score (nSPS) is 17.2. The molecule has 1 aliphatic rings. The van der Waals surface area contributed by atoms with Gasteiger partial charge in [0.05, 0.1) is 18.3 Å². The molecule has 1 aromatic carbocycles. The lowest BCUT2D eigenvalue weighted by Gasteiger charge is -2.35. The molecule has 1 aliphatic heterocycles. The van der Waals surface area contributed by atoms with Gasteiger partial charge in [0.25, 0.3) is 5.56 Å². The molecule has 1 atom stereocenters. The summed E-state index contributed by atoms with van der Waals surface area (Å²) in [5.41, 5.74) is 2.83. The van der Waals surface area contributed by atoms with Gasteiger partial charge in [-0.2, -0.15) is 0 Å². The molecule has 29 heavy (non-hydrogen) atoms. The van der Waals surface area contributed by atoms with Gasteiger partial charge in [0.2, 0.25) is 0 Å². The molecule has 0 spiro atoms. The van der Waals surface area contributed by atoms with Crippen molar-refractivity contribution in [2.75, 3.05) is 13.2 Å². The van der Waals surface area contributed by atoms with Crippen molar-refractivity contribution >= 4 is 0 Å². The van der Waals surface area contributed by atoms with Gasteiger partial charge >= 0.3 is 0 Å². The summed E-state index contributed by atoms with van der Waals surface area (Å²) in [5, 5.41) is 0. The molecule has 0 amide bonds. The first-order chi connectivity index (χ1) is 14.2. The Morgan fingerprint density at radius 3 is 2.69 bits per heavy atom. The molecule has 3 heterocycles. The number of H-pyrrole nitrogens is 1. The summed E-state index contributed by atoms with van der Waals surface area (Å²) < 4.78 is 5.54. The van der Waals surface area contributed by atoms with Crippen molar-refractivity contribution in [3.05, 3.63) is 76.5 Å². The van der Waals surface area contributed by atoms with Crippen LogP contribution < -0.4 is 10.3 Å². The highest BCUT2D eigenvalue weighted by molar-refractivity contribution is 5.53. The minimum Gasteiger partial charge on any atom is -0.494 e. The minimum atomic E-state index is -0.117. The molecule has 0 unspecified atom stereocenters. The second-order valence-corrected chi connectivity index (χ2v) is 7.31. The van der Waals surface area contributed by atoms with Crippen LogP contribution in [-0.2, 0) is 6.54 Å². The maximum absolute atomic E-state index is 12.3. The zero-order valence-electron chi connectivity index (χ0n) is 16.7. The Balaban J connectivity index is 1.59. The Morgan fingerprint density at radius 1 is 1.14 bits per heavy atom. The number of hydrogen-bond donors (Lipinski definition) is 1. The predicted molar refractivity (Wildman–Crippen MR) is 113 cm³/mol. The van der Waals surface area contributed by atoms with Crippen LogP contribution in [0, 0.1) is 0 Å². The number of rotatable bonds is 6. The number of piperidine rings is 1. The minimum absolute atomic E-state index is 0.117. The van der Waals surface area contributed by atoms with Gasteiger partial charge in [0.1, 0.15) is 11.6 Å². The summed E-state index contributed by atoms with van der Waals surface area (Å²) in [7, 11) is 0. The second kappa shape index (κ2) is 9.01. The highest BCUT2D eigenvalue weighted by Crippen LogP contribution is 2.31. The maximum atomic E-state index is 12.3. The van der Waals surface area contributed by atoms with Crippen LogP contribution in [0.4, 0.5) is 0 Å². The van der Waals surface area contributed by atoms with Crippen LogP contribution in [0.15, 0.2) is 59.7 Å². The van der Waals surface area contributed by atoms with Crippen LogP contribution in [-0.4, -0.2) is 33.0 Å². The number of ether oxygens (including phenoxy) is 1. The molecule has 3 aromatic rings. The van der Waals surface area contributed by atoms with Crippen LogP contribution in [0.1, 0.15) is 43.5 Å².